The van der Waals surface area contributed by atoms with Crippen molar-refractivity contribution < 1.29 is 0 Å². The van der Waals surface area contributed by atoms with Gasteiger partial charge in [-0.05, 0) is 184 Å². The minimum Gasteiger partial charge on any atom is -0.311 e. The van der Waals surface area contributed by atoms with Gasteiger partial charge < -0.3 is 19.6 Å². The molecule has 0 spiro atoms. The van der Waals surface area contributed by atoms with Crippen LogP contribution in [0.1, 0.15) is 23.6 Å². The van der Waals surface area contributed by atoms with E-state index in [-0.39, 0.29) is 0 Å². The number of nitrogens with zero attached hydrogens (tertiary/aromatic N) is 4. The molecule has 0 aromatic heterocycles. The minimum absolute atomic E-state index is 0.895. The highest BCUT2D eigenvalue weighted by Gasteiger charge is 2.19. The van der Waals surface area contributed by atoms with E-state index in [0.29, 0.717) is 0 Å². The van der Waals surface area contributed by atoms with Gasteiger partial charge in [0.2, 0.25) is 0 Å². The van der Waals surface area contributed by atoms with Crippen LogP contribution in [-0.4, -0.2) is 0 Å². The fourth-order valence-electron chi connectivity index (χ4n) is 7.80. The van der Waals surface area contributed by atoms with E-state index in [1.54, 1.807) is 0 Å². The second-order valence-electron chi connectivity index (χ2n) is 15.1. The Morgan fingerprint density at radius 1 is 0.333 bits per heavy atom. The van der Waals surface area contributed by atoms with Gasteiger partial charge in [0.05, 0.1) is 0 Å². The van der Waals surface area contributed by atoms with Gasteiger partial charge in [-0.15, -0.1) is 0 Å². The van der Waals surface area contributed by atoms with Crippen molar-refractivity contribution >= 4 is 62.6 Å². The van der Waals surface area contributed by atoms with Gasteiger partial charge in [-0.2, -0.15) is 0 Å². The van der Waals surface area contributed by atoms with Crippen LogP contribution in [0, 0.1) is 20.8 Å². The Labute approximate surface area is 355 Å². The Morgan fingerprint density at radius 3 is 0.967 bits per heavy atom. The molecule has 0 saturated carbocycles. The molecular formula is C56H50N4. The molecule has 0 unspecified atom stereocenters. The molecule has 4 heteroatoms. The zero-order valence-corrected chi connectivity index (χ0v) is 34.8. The van der Waals surface area contributed by atoms with Gasteiger partial charge in [-0.3, -0.25) is 0 Å². The van der Waals surface area contributed by atoms with Gasteiger partial charge in [-0.1, -0.05) is 85.5 Å². The first kappa shape index (κ1) is 39.3. The van der Waals surface area contributed by atoms with Crippen LogP contribution in [0.25, 0.3) is 0 Å². The third kappa shape index (κ3) is 8.64. The Kier molecular flexibility index (Phi) is 11.7. The molecule has 0 aliphatic carbocycles. The largest absolute Gasteiger partial charge is 0.311 e. The summed E-state index contributed by atoms with van der Waals surface area (Å²) >= 11 is 0. The Hall–Kier alpha value is -7.56. The van der Waals surface area contributed by atoms with E-state index in [4.69, 9.17) is 0 Å². The van der Waals surface area contributed by atoms with E-state index in [2.05, 4.69) is 259 Å². The molecule has 0 atom stereocenters. The molecule has 0 saturated heterocycles. The predicted octanol–water partition coefficient (Wildman–Crippen LogP) is 16.2. The first-order valence-electron chi connectivity index (χ1n) is 20.5. The van der Waals surface area contributed by atoms with Gasteiger partial charge in [0.15, 0.2) is 0 Å². The Bertz CT molecular complexity index is 2570. The zero-order valence-electron chi connectivity index (χ0n) is 34.8. The highest BCUT2D eigenvalue weighted by Crippen LogP contribution is 2.42. The first-order valence-corrected chi connectivity index (χ1v) is 20.5. The van der Waals surface area contributed by atoms with Gasteiger partial charge >= 0.3 is 0 Å². The summed E-state index contributed by atoms with van der Waals surface area (Å²) in [6.45, 7) is 12.9. The number of anilines is 11. The molecular weight excluding hydrogens is 729 g/mol. The summed E-state index contributed by atoms with van der Waals surface area (Å²) in [5.74, 6) is 0. The van der Waals surface area contributed by atoms with Crippen LogP contribution in [-0.2, 0) is 0 Å². The molecule has 0 heterocycles. The molecule has 0 fully saturated rings. The van der Waals surface area contributed by atoms with Crippen molar-refractivity contribution in [2.75, 3.05) is 19.6 Å². The van der Waals surface area contributed by atoms with Crippen molar-refractivity contribution in [3.8, 4) is 0 Å². The molecule has 0 amide bonds. The topological polar surface area (TPSA) is 13.0 Å². The molecule has 294 valence electrons. The van der Waals surface area contributed by atoms with E-state index in [1.807, 2.05) is 13.0 Å². The highest BCUT2D eigenvalue weighted by atomic mass is 15.2. The number of hydrogen-bond donors (Lipinski definition) is 0. The third-order valence-electron chi connectivity index (χ3n) is 10.6. The number of para-hydroxylation sites is 2. The lowest BCUT2D eigenvalue weighted by Gasteiger charge is -2.30. The monoisotopic (exact) mass is 778 g/mol. The van der Waals surface area contributed by atoms with Gasteiger partial charge in [0.1, 0.15) is 0 Å². The number of allylic oxidation sites excluding steroid dienone is 2. The lowest BCUT2D eigenvalue weighted by atomic mass is 10.1. The van der Waals surface area contributed by atoms with Crippen molar-refractivity contribution in [1.29, 1.82) is 0 Å². The molecule has 0 radical (unpaired) electrons. The summed E-state index contributed by atoms with van der Waals surface area (Å²) in [4.78, 5) is 9.16. The number of aryl methyl sites for hydroxylation is 3. The van der Waals surface area contributed by atoms with E-state index in [9.17, 15) is 0 Å². The number of rotatable bonds is 13. The molecule has 60 heavy (non-hydrogen) atoms. The molecule has 8 aromatic rings. The summed E-state index contributed by atoms with van der Waals surface area (Å²) in [5, 5.41) is 0. The molecule has 0 bridgehead atoms. The lowest BCUT2D eigenvalue weighted by Crippen LogP contribution is -2.15. The average Bonchev–Trinajstić information content (AvgIpc) is 3.27. The summed E-state index contributed by atoms with van der Waals surface area (Å²) in [5.41, 5.74) is 16.4. The molecule has 0 aliphatic rings. The van der Waals surface area contributed by atoms with Crippen LogP contribution >= 0.6 is 0 Å². The summed E-state index contributed by atoms with van der Waals surface area (Å²) in [7, 11) is 0. The predicted molar refractivity (Wildman–Crippen MR) is 257 cm³/mol. The quantitative estimate of drug-likeness (QED) is 0.108. The van der Waals surface area contributed by atoms with Crippen molar-refractivity contribution in [2.45, 2.75) is 27.7 Å². The molecule has 8 rings (SSSR count). The van der Waals surface area contributed by atoms with Crippen molar-refractivity contribution in [3.05, 3.63) is 247 Å². The van der Waals surface area contributed by atoms with E-state index >= 15 is 0 Å². The van der Waals surface area contributed by atoms with Crippen LogP contribution in [0.4, 0.5) is 62.6 Å². The van der Waals surface area contributed by atoms with Crippen LogP contribution in [0.3, 0.4) is 0 Å². The summed E-state index contributed by atoms with van der Waals surface area (Å²) in [6, 6.07) is 73.5. The van der Waals surface area contributed by atoms with E-state index < -0.39 is 0 Å². The highest BCUT2D eigenvalue weighted by molar-refractivity contribution is 5.84. The van der Waals surface area contributed by atoms with E-state index in [1.165, 1.54) is 16.7 Å². The summed E-state index contributed by atoms with van der Waals surface area (Å²) in [6.07, 6.45) is 4.08. The fourth-order valence-corrected chi connectivity index (χ4v) is 7.80. The Balaban J connectivity index is 1.22. The van der Waals surface area contributed by atoms with Crippen LogP contribution in [0.15, 0.2) is 231 Å². The van der Waals surface area contributed by atoms with Crippen molar-refractivity contribution in [3.63, 3.8) is 0 Å². The van der Waals surface area contributed by atoms with Gasteiger partial charge in [-0.25, -0.2) is 0 Å². The van der Waals surface area contributed by atoms with Crippen LogP contribution in [0.2, 0.25) is 0 Å². The molecule has 4 nitrogen and oxygen atoms in total. The van der Waals surface area contributed by atoms with Crippen molar-refractivity contribution in [1.82, 2.24) is 0 Å². The lowest BCUT2D eigenvalue weighted by molar-refractivity contribution is 1.20. The summed E-state index contributed by atoms with van der Waals surface area (Å²) < 4.78 is 0. The third-order valence-corrected chi connectivity index (χ3v) is 10.6. The molecule has 8 aromatic carbocycles. The fraction of sp³-hybridized carbons (Fsp3) is 0.0714. The maximum Gasteiger partial charge on any atom is 0.0464 e. The SMILES string of the molecule is C=C(/C=C\C)N(c1ccc(N(c2ccc(N(c3ccccc3)c3cccc(C)c3)cc2)c2ccc(N(c3ccccc3)c3cccc(C)c3)cc2)cc1)c1cccc(C)c1. The smallest absolute Gasteiger partial charge is 0.0464 e. The average molecular weight is 779 g/mol. The van der Waals surface area contributed by atoms with Crippen LogP contribution < -0.4 is 19.6 Å². The minimum atomic E-state index is 0.895. The molecule has 0 aliphatic heterocycles. The number of benzene rings is 8. The van der Waals surface area contributed by atoms with Gasteiger partial charge in [0.25, 0.3) is 0 Å². The molecule has 0 N–H and O–H groups in total. The maximum atomic E-state index is 4.44. The maximum absolute atomic E-state index is 4.44. The second kappa shape index (κ2) is 17.9. The van der Waals surface area contributed by atoms with Gasteiger partial charge in [0, 0.05) is 68.3 Å². The van der Waals surface area contributed by atoms with Crippen molar-refractivity contribution in [2.24, 2.45) is 0 Å². The zero-order chi connectivity index (χ0) is 41.4. The normalized spacial score (nSPS) is 11.0. The first-order chi connectivity index (χ1) is 29.4. The standard InChI is InChI=1S/C56H50N4/c1-6-16-45(5)57(54-24-13-17-42(2)39-54)48-27-29-49(30-28-48)58(50-31-35-52(36-32-50)59(46-20-9-7-10-21-46)55-25-14-18-43(3)40-55)51-33-37-53(38-34-51)60(47-22-11-8-12-23-47)56-26-15-19-44(4)41-56/h6-41H,5H2,1-4H3/b16-6-. The van der Waals surface area contributed by atoms with Crippen LogP contribution in [0.5, 0.6) is 0 Å². The van der Waals surface area contributed by atoms with E-state index in [0.717, 1.165) is 68.3 Å². The number of hydrogen-bond acceptors (Lipinski definition) is 4. The second-order valence-corrected chi connectivity index (χ2v) is 15.1. The Morgan fingerprint density at radius 2 is 0.617 bits per heavy atom.